The van der Waals surface area contributed by atoms with Crippen LogP contribution in [-0.2, 0) is 4.79 Å². The molecule has 1 amide bonds. The van der Waals surface area contributed by atoms with Crippen molar-refractivity contribution in [3.63, 3.8) is 0 Å². The lowest BCUT2D eigenvalue weighted by molar-refractivity contribution is -0.274. The average molecular weight is 366 g/mol. The van der Waals surface area contributed by atoms with E-state index in [1.54, 1.807) is 18.2 Å². The predicted molar refractivity (Wildman–Crippen MR) is 93.8 cm³/mol. The molecule has 0 bridgehead atoms. The van der Waals surface area contributed by atoms with Crippen molar-refractivity contribution in [1.82, 2.24) is 5.32 Å². The molecule has 2 aromatic carbocycles. The molecule has 2 N–H and O–H groups in total. The van der Waals surface area contributed by atoms with Crippen LogP contribution < -0.4 is 15.4 Å². The fraction of sp³-hybridized carbons (Fsp3) is 0.316. The van der Waals surface area contributed by atoms with E-state index in [-0.39, 0.29) is 23.7 Å². The molecule has 0 saturated carbocycles. The first-order chi connectivity index (χ1) is 12.1. The second-order valence-electron chi connectivity index (χ2n) is 6.03. The zero-order valence-corrected chi connectivity index (χ0v) is 14.7. The Kier molecular flexibility index (Phi) is 6.26. The van der Waals surface area contributed by atoms with E-state index in [1.807, 2.05) is 32.0 Å². The summed E-state index contributed by atoms with van der Waals surface area (Å²) in [5.41, 5.74) is 2.54. The number of benzene rings is 2. The molecule has 26 heavy (non-hydrogen) atoms. The van der Waals surface area contributed by atoms with Gasteiger partial charge >= 0.3 is 6.36 Å². The van der Waals surface area contributed by atoms with E-state index < -0.39 is 6.36 Å². The van der Waals surface area contributed by atoms with Gasteiger partial charge in [0.2, 0.25) is 5.91 Å². The van der Waals surface area contributed by atoms with Crippen molar-refractivity contribution < 1.29 is 22.7 Å². The Morgan fingerprint density at radius 1 is 1.00 bits per heavy atom. The number of nitrogens with one attached hydrogen (secondary N) is 2. The molecule has 2 atom stereocenters. The molecule has 0 saturated heterocycles. The van der Waals surface area contributed by atoms with Gasteiger partial charge in [0.25, 0.3) is 0 Å². The fourth-order valence-electron chi connectivity index (χ4n) is 2.61. The highest BCUT2D eigenvalue weighted by Crippen LogP contribution is 2.26. The van der Waals surface area contributed by atoms with Crippen LogP contribution in [-0.4, -0.2) is 12.3 Å². The van der Waals surface area contributed by atoms with E-state index in [2.05, 4.69) is 15.4 Å². The number of carbonyl (C=O) groups excluding carboxylic acids is 1. The lowest BCUT2D eigenvalue weighted by atomic mass is 10.0. The zero-order valence-electron chi connectivity index (χ0n) is 14.7. The highest BCUT2D eigenvalue weighted by molar-refractivity contribution is 5.88. The quantitative estimate of drug-likeness (QED) is 0.760. The summed E-state index contributed by atoms with van der Waals surface area (Å²) < 4.78 is 40.5. The van der Waals surface area contributed by atoms with Gasteiger partial charge in [0.1, 0.15) is 5.75 Å². The van der Waals surface area contributed by atoms with Gasteiger partial charge in [-0.25, -0.2) is 0 Å². The lowest BCUT2D eigenvalue weighted by Gasteiger charge is -2.21. The number of amides is 1. The number of halogens is 3. The summed E-state index contributed by atoms with van der Waals surface area (Å²) >= 11 is 0. The Balaban J connectivity index is 2.02. The summed E-state index contributed by atoms with van der Waals surface area (Å²) in [7, 11) is 0. The van der Waals surface area contributed by atoms with Crippen LogP contribution in [0.25, 0.3) is 0 Å². The van der Waals surface area contributed by atoms with Gasteiger partial charge in [-0.3, -0.25) is 4.79 Å². The van der Waals surface area contributed by atoms with Crippen molar-refractivity contribution in [3.8, 4) is 5.75 Å². The predicted octanol–water partition coefficient (Wildman–Crippen LogP) is 4.96. The topological polar surface area (TPSA) is 50.4 Å². The van der Waals surface area contributed by atoms with Crippen LogP contribution in [0.2, 0.25) is 0 Å². The van der Waals surface area contributed by atoms with Crippen LogP contribution in [0.1, 0.15) is 44.0 Å². The molecule has 2 aromatic rings. The molecule has 0 spiro atoms. The van der Waals surface area contributed by atoms with E-state index in [0.717, 1.165) is 11.1 Å². The number of ether oxygens (including phenoxy) is 1. The minimum atomic E-state index is -4.70. The van der Waals surface area contributed by atoms with Crippen molar-refractivity contribution in [2.24, 2.45) is 0 Å². The maximum atomic E-state index is 12.2. The lowest BCUT2D eigenvalue weighted by Crippen LogP contribution is -2.22. The summed E-state index contributed by atoms with van der Waals surface area (Å²) in [6, 6.07) is 13.2. The van der Waals surface area contributed by atoms with Gasteiger partial charge < -0.3 is 15.4 Å². The van der Waals surface area contributed by atoms with Crippen LogP contribution in [0.4, 0.5) is 18.9 Å². The van der Waals surface area contributed by atoms with Gasteiger partial charge in [-0.15, -0.1) is 13.2 Å². The van der Waals surface area contributed by atoms with Crippen LogP contribution >= 0.6 is 0 Å². The number of hydrogen-bond donors (Lipinski definition) is 2. The monoisotopic (exact) mass is 366 g/mol. The van der Waals surface area contributed by atoms with Crippen molar-refractivity contribution in [2.75, 3.05) is 5.32 Å². The minimum Gasteiger partial charge on any atom is -0.406 e. The molecule has 0 radical (unpaired) electrons. The summed E-state index contributed by atoms with van der Waals surface area (Å²) in [5, 5.41) is 6.12. The molecular weight excluding hydrogens is 345 g/mol. The third kappa shape index (κ3) is 6.07. The minimum absolute atomic E-state index is 0.0233. The second kappa shape index (κ2) is 8.23. The van der Waals surface area contributed by atoms with E-state index in [4.69, 9.17) is 0 Å². The molecule has 0 aliphatic rings. The molecule has 0 aliphatic heterocycles. The number of carbonyl (C=O) groups is 1. The van der Waals surface area contributed by atoms with Crippen LogP contribution in [0.15, 0.2) is 48.5 Å². The van der Waals surface area contributed by atoms with Crippen molar-refractivity contribution >= 4 is 11.6 Å². The Hall–Kier alpha value is -2.54. The molecule has 2 unspecified atom stereocenters. The third-order valence-electron chi connectivity index (χ3n) is 3.82. The van der Waals surface area contributed by atoms with E-state index in [1.165, 1.54) is 19.1 Å². The van der Waals surface area contributed by atoms with Gasteiger partial charge in [0.05, 0.1) is 0 Å². The molecule has 0 heterocycles. The molecule has 7 heteroatoms. The molecule has 4 nitrogen and oxygen atoms in total. The van der Waals surface area contributed by atoms with Gasteiger partial charge in [0.15, 0.2) is 0 Å². The Morgan fingerprint density at radius 3 is 2.19 bits per heavy atom. The Morgan fingerprint density at radius 2 is 1.62 bits per heavy atom. The third-order valence-corrected chi connectivity index (χ3v) is 3.82. The molecule has 0 aromatic heterocycles. The Labute approximate surface area is 150 Å². The normalized spacial score (nSPS) is 13.8. The maximum Gasteiger partial charge on any atom is 0.573 e. The molecular formula is C19H21F3N2O2. The fourth-order valence-corrected chi connectivity index (χ4v) is 2.61. The molecule has 2 rings (SSSR count). The summed E-state index contributed by atoms with van der Waals surface area (Å²) in [5.74, 6) is -0.387. The number of rotatable bonds is 6. The highest BCUT2D eigenvalue weighted by Gasteiger charge is 2.31. The average Bonchev–Trinajstić information content (AvgIpc) is 2.53. The first kappa shape index (κ1) is 19.8. The summed E-state index contributed by atoms with van der Waals surface area (Å²) in [4.78, 5) is 11.2. The largest absolute Gasteiger partial charge is 0.573 e. The van der Waals surface area contributed by atoms with E-state index in [9.17, 15) is 18.0 Å². The number of hydrogen-bond acceptors (Lipinski definition) is 3. The van der Waals surface area contributed by atoms with Gasteiger partial charge in [-0.05, 0) is 49.2 Å². The van der Waals surface area contributed by atoms with E-state index >= 15 is 0 Å². The van der Waals surface area contributed by atoms with Gasteiger partial charge in [-0.2, -0.15) is 0 Å². The van der Waals surface area contributed by atoms with E-state index in [0.29, 0.717) is 5.69 Å². The smallest absolute Gasteiger partial charge is 0.406 e. The van der Waals surface area contributed by atoms with Crippen molar-refractivity contribution in [3.05, 3.63) is 59.7 Å². The summed E-state index contributed by atoms with van der Waals surface area (Å²) in [6.45, 7) is 5.35. The van der Waals surface area contributed by atoms with Gasteiger partial charge in [0, 0.05) is 24.7 Å². The first-order valence-electron chi connectivity index (χ1n) is 8.13. The first-order valence-corrected chi connectivity index (χ1v) is 8.13. The number of alkyl halides is 3. The standard InChI is InChI=1S/C19H21F3N2O2/c1-12(15-7-9-18(10-8-15)26-19(20,21)22)23-13(2)16-5-4-6-17(11-16)24-14(3)25/h4-13,23H,1-3H3,(H,24,25). The van der Waals surface area contributed by atoms with Crippen LogP contribution in [0, 0.1) is 0 Å². The molecule has 140 valence electrons. The van der Waals surface area contributed by atoms with Crippen LogP contribution in [0.3, 0.4) is 0 Å². The Bertz CT molecular complexity index is 745. The molecule has 0 fully saturated rings. The maximum absolute atomic E-state index is 12.2. The van der Waals surface area contributed by atoms with Crippen molar-refractivity contribution in [1.29, 1.82) is 0 Å². The zero-order chi connectivity index (χ0) is 19.3. The van der Waals surface area contributed by atoms with Crippen molar-refractivity contribution in [2.45, 2.75) is 39.2 Å². The highest BCUT2D eigenvalue weighted by atomic mass is 19.4. The second-order valence-corrected chi connectivity index (χ2v) is 6.03. The van der Waals surface area contributed by atoms with Crippen LogP contribution in [0.5, 0.6) is 5.75 Å². The number of anilines is 1. The summed E-state index contributed by atoms with van der Waals surface area (Å²) in [6.07, 6.45) is -4.70. The molecule has 0 aliphatic carbocycles. The SMILES string of the molecule is CC(=O)Nc1cccc(C(C)NC(C)c2ccc(OC(F)(F)F)cc2)c1. The van der Waals surface area contributed by atoms with Gasteiger partial charge in [-0.1, -0.05) is 24.3 Å².